The molecule has 1 aliphatic heterocycles. The molecule has 0 aromatic heterocycles. The van der Waals surface area contributed by atoms with Crippen LogP contribution in [0.4, 0.5) is 17.6 Å². The topological polar surface area (TPSA) is 172 Å². The van der Waals surface area contributed by atoms with E-state index in [-0.39, 0.29) is 46.1 Å². The monoisotopic (exact) mass is 580 g/mol. The van der Waals surface area contributed by atoms with E-state index >= 15 is 0 Å². The molecule has 2 bridgehead atoms. The second-order valence-corrected chi connectivity index (χ2v) is 10.7. The first kappa shape index (κ1) is 30.5. The largest absolute Gasteiger partial charge is 0.463 e. The average Bonchev–Trinajstić information content (AvgIpc) is 3.41. The normalized spacial score (nSPS) is 28.4. The molecule has 2 N–H and O–H groups in total. The van der Waals surface area contributed by atoms with Gasteiger partial charge in [-0.3, -0.25) is 18.9 Å². The van der Waals surface area contributed by atoms with Gasteiger partial charge in [0.15, 0.2) is 0 Å². The number of alkyl halides is 4. The van der Waals surface area contributed by atoms with Crippen molar-refractivity contribution in [2.45, 2.75) is 43.3 Å². The molecule has 12 nitrogen and oxygen atoms in total. The van der Waals surface area contributed by atoms with Crippen LogP contribution >= 0.6 is 0 Å². The highest BCUT2D eigenvalue weighted by Crippen LogP contribution is 2.59. The smallest absolute Gasteiger partial charge is 0.326 e. The maximum absolute atomic E-state index is 13.9. The van der Waals surface area contributed by atoms with Crippen LogP contribution < -0.4 is 0 Å². The number of rotatable bonds is 16. The van der Waals surface area contributed by atoms with E-state index in [0.29, 0.717) is 0 Å². The van der Waals surface area contributed by atoms with E-state index in [1.165, 1.54) is 0 Å². The van der Waals surface area contributed by atoms with Crippen molar-refractivity contribution in [2.24, 2.45) is 23.7 Å². The van der Waals surface area contributed by atoms with Gasteiger partial charge in [0.2, 0.25) is 0 Å². The third kappa shape index (κ3) is 6.91. The fraction of sp³-hybridized carbons (Fsp3) is 0.857. The van der Waals surface area contributed by atoms with E-state index < -0.39 is 94.3 Å². The molecule has 0 aromatic rings. The molecule has 0 radical (unpaired) electrons. The van der Waals surface area contributed by atoms with Crippen molar-refractivity contribution in [3.8, 4) is 0 Å². The number of hydrogen-bond donors (Lipinski definition) is 2. The third-order valence-corrected chi connectivity index (χ3v) is 7.43. The van der Waals surface area contributed by atoms with Crippen LogP contribution in [0, 0.1) is 23.7 Å². The van der Waals surface area contributed by atoms with Gasteiger partial charge in [0.1, 0.15) is 24.6 Å². The summed E-state index contributed by atoms with van der Waals surface area (Å²) >= 11 is 0. The van der Waals surface area contributed by atoms with Crippen LogP contribution in [0.25, 0.3) is 0 Å². The van der Waals surface area contributed by atoms with Crippen LogP contribution in [0.15, 0.2) is 0 Å². The number of carbonyl (C=O) groups excluding carboxylic acids is 3. The number of esters is 3. The lowest BCUT2D eigenvalue weighted by molar-refractivity contribution is -0.202. The van der Waals surface area contributed by atoms with Gasteiger partial charge in [-0.1, -0.05) is 0 Å². The molecule has 2 saturated carbocycles. The fourth-order valence-electron chi connectivity index (χ4n) is 5.14. The van der Waals surface area contributed by atoms with Crippen molar-refractivity contribution in [3.63, 3.8) is 0 Å². The van der Waals surface area contributed by atoms with E-state index in [1.54, 1.807) is 0 Å². The van der Waals surface area contributed by atoms with Gasteiger partial charge in [0.25, 0.3) is 10.1 Å². The van der Waals surface area contributed by atoms with Crippen molar-refractivity contribution in [1.82, 2.24) is 0 Å². The molecule has 1 heterocycles. The summed E-state index contributed by atoms with van der Waals surface area (Å²) in [5.41, 5.74) is 0. The molecule has 3 aliphatic rings. The molecular formula is C21H28F4O12S. The first-order chi connectivity index (χ1) is 17.7. The molecule has 0 amide bonds. The van der Waals surface area contributed by atoms with Crippen molar-refractivity contribution in [3.05, 3.63) is 0 Å². The Kier molecular flexibility index (Phi) is 9.60. The highest BCUT2D eigenvalue weighted by Gasteiger charge is 2.70. The number of carbonyl (C=O) groups is 3. The maximum Gasteiger partial charge on any atom is 0.326 e. The number of aliphatic hydroxyl groups is 1. The second-order valence-electron chi connectivity index (χ2n) is 9.22. The minimum absolute atomic E-state index is 0.0155. The zero-order valence-corrected chi connectivity index (χ0v) is 20.7. The summed E-state index contributed by atoms with van der Waals surface area (Å²) in [7, 11) is -5.43. The van der Waals surface area contributed by atoms with Gasteiger partial charge in [-0.05, 0) is 6.42 Å². The van der Waals surface area contributed by atoms with Crippen molar-refractivity contribution >= 4 is 28.0 Å². The van der Waals surface area contributed by atoms with Crippen molar-refractivity contribution in [2.75, 3.05) is 45.4 Å². The molecule has 3 rings (SSSR count). The Morgan fingerprint density at radius 1 is 1.00 bits per heavy atom. The molecule has 17 heteroatoms. The molecule has 2 aliphatic carbocycles. The summed E-state index contributed by atoms with van der Waals surface area (Å²) in [5.74, 6) is -18.5. The summed E-state index contributed by atoms with van der Waals surface area (Å²) in [6.45, 7) is 0.266. The standard InChI is InChI=1S/C21H28F4O12S/c22-20(23,21(24,25)10-38(30,31)32)2-1-13(27)36-16-11-9-12-15(19(29)37-17(12)16)14(11)18(28)35-8-7-34-6-5-33-4-3-26/h11-12,14-17,26H,1-10H2,(H,30,31,32). The molecule has 218 valence electrons. The Morgan fingerprint density at radius 2 is 1.63 bits per heavy atom. The summed E-state index contributed by atoms with van der Waals surface area (Å²) in [6, 6.07) is 0. The Labute approximate surface area is 214 Å². The summed E-state index contributed by atoms with van der Waals surface area (Å²) < 4.78 is 111. The quantitative estimate of drug-likeness (QED) is 0.0837. The van der Waals surface area contributed by atoms with E-state index in [9.17, 15) is 40.4 Å². The predicted octanol–water partition coefficient (Wildman–Crippen LogP) is 0.213. The Morgan fingerprint density at radius 3 is 2.26 bits per heavy atom. The molecule has 38 heavy (non-hydrogen) atoms. The van der Waals surface area contributed by atoms with Crippen LogP contribution in [0.1, 0.15) is 19.3 Å². The zero-order chi connectivity index (χ0) is 28.3. The van der Waals surface area contributed by atoms with E-state index in [4.69, 9.17) is 33.3 Å². The third-order valence-electron chi connectivity index (χ3n) is 6.71. The lowest BCUT2D eigenvalue weighted by Crippen LogP contribution is -2.46. The van der Waals surface area contributed by atoms with Crippen LogP contribution in [-0.4, -0.2) is 105 Å². The number of hydrogen-bond acceptors (Lipinski definition) is 11. The summed E-state index contributed by atoms with van der Waals surface area (Å²) in [6.07, 6.45) is -4.87. The van der Waals surface area contributed by atoms with Crippen LogP contribution in [0.5, 0.6) is 0 Å². The van der Waals surface area contributed by atoms with Gasteiger partial charge in [-0.2, -0.15) is 26.0 Å². The van der Waals surface area contributed by atoms with Gasteiger partial charge < -0.3 is 28.8 Å². The Hall–Kier alpha value is -2.08. The van der Waals surface area contributed by atoms with Crippen molar-refractivity contribution < 1.29 is 73.7 Å². The molecule has 3 fully saturated rings. The lowest BCUT2D eigenvalue weighted by Gasteiger charge is -2.30. The summed E-state index contributed by atoms with van der Waals surface area (Å²) in [5, 5.41) is 8.60. The van der Waals surface area contributed by atoms with E-state index in [0.717, 1.165) is 0 Å². The summed E-state index contributed by atoms with van der Waals surface area (Å²) in [4.78, 5) is 37.3. The molecule has 1 saturated heterocycles. The zero-order valence-electron chi connectivity index (χ0n) is 19.9. The second kappa shape index (κ2) is 12.0. The lowest BCUT2D eigenvalue weighted by atomic mass is 9.78. The van der Waals surface area contributed by atoms with Gasteiger partial charge in [-0.15, -0.1) is 0 Å². The maximum atomic E-state index is 13.9. The van der Waals surface area contributed by atoms with Crippen LogP contribution in [0.2, 0.25) is 0 Å². The number of fused-ring (bicyclic) bond motifs is 1. The van der Waals surface area contributed by atoms with Crippen molar-refractivity contribution in [1.29, 1.82) is 0 Å². The fourth-order valence-corrected chi connectivity index (χ4v) is 5.81. The van der Waals surface area contributed by atoms with E-state index in [1.807, 2.05) is 0 Å². The molecular weight excluding hydrogens is 552 g/mol. The highest BCUT2D eigenvalue weighted by molar-refractivity contribution is 7.85. The van der Waals surface area contributed by atoms with Gasteiger partial charge in [0, 0.05) is 18.3 Å². The minimum atomic E-state index is -5.43. The first-order valence-corrected chi connectivity index (χ1v) is 13.3. The van der Waals surface area contributed by atoms with Gasteiger partial charge in [0.05, 0.1) is 51.3 Å². The van der Waals surface area contributed by atoms with Crippen LogP contribution in [0.3, 0.4) is 0 Å². The Balaban J connectivity index is 1.53. The highest BCUT2D eigenvalue weighted by atomic mass is 32.2. The molecule has 0 spiro atoms. The Bertz CT molecular complexity index is 991. The average molecular weight is 581 g/mol. The number of ether oxygens (including phenoxy) is 5. The van der Waals surface area contributed by atoms with Gasteiger partial charge >= 0.3 is 29.8 Å². The van der Waals surface area contributed by atoms with E-state index in [2.05, 4.69) is 0 Å². The van der Waals surface area contributed by atoms with Crippen LogP contribution in [-0.2, 0) is 48.2 Å². The first-order valence-electron chi connectivity index (χ1n) is 11.7. The SMILES string of the molecule is O=C(CCC(F)(F)C(F)(F)CS(=O)(=O)O)OC1C2CC3C1OC(=O)C3C2C(=O)OCCOCCOCCO. The molecule has 0 aromatic carbocycles. The molecule has 6 atom stereocenters. The number of halogens is 4. The number of aliphatic hydroxyl groups excluding tert-OH is 1. The van der Waals surface area contributed by atoms with Gasteiger partial charge in [-0.25, -0.2) is 0 Å². The minimum Gasteiger partial charge on any atom is -0.463 e. The molecule has 6 unspecified atom stereocenters. The predicted molar refractivity (Wildman–Crippen MR) is 114 cm³/mol.